The highest BCUT2D eigenvalue weighted by atomic mass is 16.5. The summed E-state index contributed by atoms with van der Waals surface area (Å²) in [5.41, 5.74) is 6.45. The number of aryl methyl sites for hydroxylation is 3. The molecule has 0 aliphatic heterocycles. The quantitative estimate of drug-likeness (QED) is 0.496. The van der Waals surface area contributed by atoms with E-state index in [1.807, 2.05) is 81.4 Å². The van der Waals surface area contributed by atoms with E-state index < -0.39 is 0 Å². The first-order chi connectivity index (χ1) is 14.0. The number of carbonyl (C=O) groups is 1. The fourth-order valence-electron chi connectivity index (χ4n) is 3.03. The Bertz CT molecular complexity index is 1190. The van der Waals surface area contributed by atoms with E-state index in [1.165, 1.54) is 5.56 Å². The van der Waals surface area contributed by atoms with Gasteiger partial charge in [-0.05, 0) is 79.9 Å². The zero-order valence-electron chi connectivity index (χ0n) is 16.7. The van der Waals surface area contributed by atoms with Gasteiger partial charge in [-0.3, -0.25) is 4.79 Å². The summed E-state index contributed by atoms with van der Waals surface area (Å²) >= 11 is 0. The molecule has 0 saturated carbocycles. The molecule has 0 radical (unpaired) electrons. The number of oxazole rings is 1. The molecule has 0 aliphatic rings. The fourth-order valence-corrected chi connectivity index (χ4v) is 3.03. The molecule has 1 N–H and O–H groups in total. The molecular formula is C24H22N2O3. The van der Waals surface area contributed by atoms with Crippen LogP contribution in [-0.4, -0.2) is 17.5 Å². The van der Waals surface area contributed by atoms with Gasteiger partial charge >= 0.3 is 0 Å². The Morgan fingerprint density at radius 3 is 2.69 bits per heavy atom. The number of hydrogen-bond donors (Lipinski definition) is 1. The Morgan fingerprint density at radius 1 is 1.00 bits per heavy atom. The number of hydrogen-bond acceptors (Lipinski definition) is 4. The summed E-state index contributed by atoms with van der Waals surface area (Å²) in [6.07, 6.45) is 0. The Balaban J connectivity index is 1.45. The van der Waals surface area contributed by atoms with Crippen molar-refractivity contribution in [2.45, 2.75) is 20.8 Å². The van der Waals surface area contributed by atoms with Crippen molar-refractivity contribution in [3.05, 3.63) is 77.4 Å². The minimum Gasteiger partial charge on any atom is -0.484 e. The molecule has 146 valence electrons. The van der Waals surface area contributed by atoms with Crippen molar-refractivity contribution in [2.24, 2.45) is 0 Å². The van der Waals surface area contributed by atoms with Crippen LogP contribution in [0.5, 0.6) is 5.75 Å². The summed E-state index contributed by atoms with van der Waals surface area (Å²) in [7, 11) is 0. The first-order valence-corrected chi connectivity index (χ1v) is 9.45. The maximum Gasteiger partial charge on any atom is 0.262 e. The summed E-state index contributed by atoms with van der Waals surface area (Å²) < 4.78 is 11.5. The van der Waals surface area contributed by atoms with Crippen LogP contribution < -0.4 is 10.1 Å². The van der Waals surface area contributed by atoms with Crippen LogP contribution in [0.25, 0.3) is 22.6 Å². The molecule has 4 rings (SSSR count). The van der Waals surface area contributed by atoms with Gasteiger partial charge in [-0.25, -0.2) is 4.98 Å². The van der Waals surface area contributed by atoms with Gasteiger partial charge in [0, 0.05) is 11.3 Å². The molecule has 5 nitrogen and oxygen atoms in total. The number of nitrogens with one attached hydrogen (secondary N) is 1. The summed E-state index contributed by atoms with van der Waals surface area (Å²) in [5.74, 6) is 0.973. The predicted octanol–water partition coefficient (Wildman–Crippen LogP) is 5.44. The number of benzene rings is 3. The van der Waals surface area contributed by atoms with Gasteiger partial charge in [0.2, 0.25) is 5.89 Å². The van der Waals surface area contributed by atoms with Crippen LogP contribution in [-0.2, 0) is 4.79 Å². The number of carbonyl (C=O) groups excluding carboxylic acids is 1. The predicted molar refractivity (Wildman–Crippen MR) is 114 cm³/mol. The third kappa shape index (κ3) is 4.29. The van der Waals surface area contributed by atoms with E-state index in [1.54, 1.807) is 0 Å². The van der Waals surface area contributed by atoms with E-state index in [4.69, 9.17) is 9.15 Å². The minimum absolute atomic E-state index is 0.0606. The second kappa shape index (κ2) is 7.80. The highest BCUT2D eigenvalue weighted by Crippen LogP contribution is 2.26. The Kier molecular flexibility index (Phi) is 5.04. The first-order valence-electron chi connectivity index (χ1n) is 9.45. The standard InChI is InChI=1S/C24H22N2O3/c1-15-7-10-21-22(11-15)29-24(26-21)18-5-4-6-19(13-18)25-23(27)14-28-20-9-8-16(2)17(3)12-20/h4-13H,14H2,1-3H3,(H,25,27). The molecule has 0 aliphatic carbocycles. The van der Waals surface area contributed by atoms with Gasteiger partial charge in [0.1, 0.15) is 11.3 Å². The van der Waals surface area contributed by atoms with Crippen LogP contribution in [0.3, 0.4) is 0 Å². The average molecular weight is 386 g/mol. The van der Waals surface area contributed by atoms with Crippen molar-refractivity contribution in [3.8, 4) is 17.2 Å². The van der Waals surface area contributed by atoms with Crippen molar-refractivity contribution in [3.63, 3.8) is 0 Å². The van der Waals surface area contributed by atoms with Crippen LogP contribution in [0.4, 0.5) is 5.69 Å². The molecule has 1 amide bonds. The van der Waals surface area contributed by atoms with Crippen LogP contribution >= 0.6 is 0 Å². The van der Waals surface area contributed by atoms with Crippen LogP contribution in [0.1, 0.15) is 16.7 Å². The molecule has 1 heterocycles. The lowest BCUT2D eigenvalue weighted by Gasteiger charge is -2.09. The number of nitrogens with zero attached hydrogens (tertiary/aromatic N) is 1. The number of rotatable bonds is 5. The largest absolute Gasteiger partial charge is 0.484 e. The maximum atomic E-state index is 12.3. The summed E-state index contributed by atoms with van der Waals surface area (Å²) in [4.78, 5) is 16.8. The van der Waals surface area contributed by atoms with Gasteiger partial charge < -0.3 is 14.5 Å². The molecule has 4 aromatic rings. The van der Waals surface area contributed by atoms with Crippen molar-refractivity contribution in [1.82, 2.24) is 4.98 Å². The normalized spacial score (nSPS) is 10.9. The molecule has 1 aromatic heterocycles. The Hall–Kier alpha value is -3.60. The first kappa shape index (κ1) is 18.7. The van der Waals surface area contributed by atoms with Crippen molar-refractivity contribution in [1.29, 1.82) is 0 Å². The molecular weight excluding hydrogens is 364 g/mol. The maximum absolute atomic E-state index is 12.3. The van der Waals surface area contributed by atoms with E-state index in [0.717, 1.165) is 27.8 Å². The summed E-state index contributed by atoms with van der Waals surface area (Å²) in [6, 6.07) is 19.1. The van der Waals surface area contributed by atoms with Gasteiger partial charge in [0.15, 0.2) is 12.2 Å². The molecule has 0 fully saturated rings. The van der Waals surface area contributed by atoms with Crippen LogP contribution in [0.15, 0.2) is 65.1 Å². The lowest BCUT2D eigenvalue weighted by molar-refractivity contribution is -0.118. The van der Waals surface area contributed by atoms with E-state index in [9.17, 15) is 4.79 Å². The average Bonchev–Trinajstić information content (AvgIpc) is 3.12. The highest BCUT2D eigenvalue weighted by Gasteiger charge is 2.10. The van der Waals surface area contributed by atoms with Crippen molar-refractivity contribution < 1.29 is 13.9 Å². The van der Waals surface area contributed by atoms with Crippen LogP contribution in [0, 0.1) is 20.8 Å². The zero-order valence-corrected chi connectivity index (χ0v) is 16.7. The number of ether oxygens (including phenoxy) is 1. The lowest BCUT2D eigenvalue weighted by atomic mass is 10.1. The third-order valence-electron chi connectivity index (χ3n) is 4.79. The van der Waals surface area contributed by atoms with Gasteiger partial charge in [0.05, 0.1) is 0 Å². The van der Waals surface area contributed by atoms with E-state index in [0.29, 0.717) is 17.3 Å². The number of anilines is 1. The molecule has 0 saturated heterocycles. The molecule has 0 spiro atoms. The summed E-state index contributed by atoms with van der Waals surface area (Å²) in [5, 5.41) is 2.86. The monoisotopic (exact) mass is 386 g/mol. The zero-order chi connectivity index (χ0) is 20.4. The second-order valence-electron chi connectivity index (χ2n) is 7.15. The van der Waals surface area contributed by atoms with Gasteiger partial charge in [-0.15, -0.1) is 0 Å². The molecule has 3 aromatic carbocycles. The van der Waals surface area contributed by atoms with E-state index in [2.05, 4.69) is 10.3 Å². The molecule has 0 unspecified atom stereocenters. The van der Waals surface area contributed by atoms with Crippen molar-refractivity contribution in [2.75, 3.05) is 11.9 Å². The molecule has 29 heavy (non-hydrogen) atoms. The second-order valence-corrected chi connectivity index (χ2v) is 7.15. The van der Waals surface area contributed by atoms with Crippen LogP contribution in [0.2, 0.25) is 0 Å². The third-order valence-corrected chi connectivity index (χ3v) is 4.79. The van der Waals surface area contributed by atoms with E-state index >= 15 is 0 Å². The van der Waals surface area contributed by atoms with Gasteiger partial charge in [0.25, 0.3) is 5.91 Å². The molecule has 5 heteroatoms. The summed E-state index contributed by atoms with van der Waals surface area (Å²) in [6.45, 7) is 6.00. The smallest absolute Gasteiger partial charge is 0.262 e. The lowest BCUT2D eigenvalue weighted by Crippen LogP contribution is -2.20. The van der Waals surface area contributed by atoms with Gasteiger partial charge in [-0.2, -0.15) is 0 Å². The fraction of sp³-hybridized carbons (Fsp3) is 0.167. The van der Waals surface area contributed by atoms with Crippen molar-refractivity contribution >= 4 is 22.7 Å². The Morgan fingerprint density at radius 2 is 1.86 bits per heavy atom. The van der Waals surface area contributed by atoms with E-state index in [-0.39, 0.29) is 12.5 Å². The number of aromatic nitrogens is 1. The number of fused-ring (bicyclic) bond motifs is 1. The Labute approximate surface area is 169 Å². The molecule has 0 bridgehead atoms. The minimum atomic E-state index is -0.228. The SMILES string of the molecule is Cc1ccc2nc(-c3cccc(NC(=O)COc4ccc(C)c(C)c4)c3)oc2c1. The number of amides is 1. The van der Waals surface area contributed by atoms with Gasteiger partial charge in [-0.1, -0.05) is 18.2 Å². The highest BCUT2D eigenvalue weighted by molar-refractivity contribution is 5.92. The molecule has 0 atom stereocenters. The topological polar surface area (TPSA) is 64.4 Å².